The van der Waals surface area contributed by atoms with Gasteiger partial charge in [-0.25, -0.2) is 18.6 Å². The molecule has 1 aliphatic heterocycles. The largest absolute Gasteiger partial charge is 0.478 e. The highest BCUT2D eigenvalue weighted by Gasteiger charge is 2.29. The van der Waals surface area contributed by atoms with Gasteiger partial charge in [0, 0.05) is 36.6 Å². The highest BCUT2D eigenvalue weighted by Crippen LogP contribution is 2.32. The molecule has 3 heterocycles. The van der Waals surface area contributed by atoms with Gasteiger partial charge in [0.2, 0.25) is 0 Å². The summed E-state index contributed by atoms with van der Waals surface area (Å²) in [5.41, 5.74) is -0.0367. The molecule has 2 N–H and O–H groups in total. The fourth-order valence-electron chi connectivity index (χ4n) is 3.63. The summed E-state index contributed by atoms with van der Waals surface area (Å²) in [4.78, 5) is 30.7. The number of anilines is 2. The van der Waals surface area contributed by atoms with Crippen LogP contribution in [0.15, 0.2) is 41.3 Å². The minimum absolute atomic E-state index is 0.000168. The van der Waals surface area contributed by atoms with E-state index in [1.165, 1.54) is 24.4 Å². The number of aryl methyl sites for hydroxylation is 1. The Morgan fingerprint density at radius 3 is 2.65 bits per heavy atom. The van der Waals surface area contributed by atoms with Crippen molar-refractivity contribution in [3.8, 4) is 0 Å². The van der Waals surface area contributed by atoms with Crippen LogP contribution in [0.25, 0.3) is 5.65 Å². The molecule has 4 rings (SSSR count). The van der Waals surface area contributed by atoms with Gasteiger partial charge in [0.25, 0.3) is 12.0 Å². The van der Waals surface area contributed by atoms with E-state index in [0.29, 0.717) is 11.4 Å². The summed E-state index contributed by atoms with van der Waals surface area (Å²) in [7, 11) is 0. The number of carboxylic acid groups (broad SMARTS) is 1. The van der Waals surface area contributed by atoms with Crippen LogP contribution in [0.4, 0.5) is 20.3 Å². The third-order valence-corrected chi connectivity index (χ3v) is 5.51. The van der Waals surface area contributed by atoms with E-state index < -0.39 is 24.0 Å². The summed E-state index contributed by atoms with van der Waals surface area (Å²) >= 11 is 6.13. The lowest BCUT2D eigenvalue weighted by atomic mass is 10.0. The van der Waals surface area contributed by atoms with Crippen LogP contribution in [0.5, 0.6) is 0 Å². The zero-order valence-electron chi connectivity index (χ0n) is 16.5. The molecule has 1 aromatic carbocycles. The number of carboxylic acids is 1. The van der Waals surface area contributed by atoms with E-state index >= 15 is 0 Å². The predicted molar refractivity (Wildman–Crippen MR) is 114 cm³/mol. The number of hydrogen-bond acceptors (Lipinski definition) is 5. The fraction of sp³-hybridized carbons (Fsp3) is 0.286. The van der Waals surface area contributed by atoms with E-state index in [-0.39, 0.29) is 27.5 Å². The van der Waals surface area contributed by atoms with Crippen molar-refractivity contribution in [3.63, 3.8) is 0 Å². The topological polar surface area (TPSA) is 86.9 Å². The standard InChI is InChI=1S/C21H19ClF2N4O3/c1-11-4-2-5-14(17(11)21(30)31)25-18(19(23)24)13-8-12(22)10-28-16(29)9-15(26-20(13)28)27-6-3-7-27/h2,4-5,8-10,18-19,25H,3,6-7H2,1H3,(H,30,31)/t18-/m1/s1. The first kappa shape index (κ1) is 21.0. The Kier molecular flexibility index (Phi) is 5.53. The molecule has 0 radical (unpaired) electrons. The molecule has 1 fully saturated rings. The lowest BCUT2D eigenvalue weighted by Gasteiger charge is -2.32. The molecule has 0 bridgehead atoms. The number of aromatic nitrogens is 2. The molecule has 0 aliphatic carbocycles. The second-order valence-corrected chi connectivity index (χ2v) is 7.80. The molecule has 162 valence electrons. The van der Waals surface area contributed by atoms with Crippen LogP contribution in [-0.4, -0.2) is 40.0 Å². The minimum atomic E-state index is -2.94. The molecule has 0 unspecified atom stereocenters. The number of fused-ring (bicyclic) bond motifs is 1. The predicted octanol–water partition coefficient (Wildman–Crippen LogP) is 3.98. The molecule has 2 aromatic heterocycles. The Bertz CT molecular complexity index is 1230. The van der Waals surface area contributed by atoms with Crippen molar-refractivity contribution in [2.24, 2.45) is 0 Å². The minimum Gasteiger partial charge on any atom is -0.478 e. The van der Waals surface area contributed by atoms with Gasteiger partial charge in [-0.05, 0) is 31.0 Å². The molecular weight excluding hydrogens is 430 g/mol. The number of pyridine rings is 1. The quantitative estimate of drug-likeness (QED) is 0.593. The number of nitrogens with one attached hydrogen (secondary N) is 1. The third kappa shape index (κ3) is 3.93. The molecule has 10 heteroatoms. The summed E-state index contributed by atoms with van der Waals surface area (Å²) < 4.78 is 29.6. The second-order valence-electron chi connectivity index (χ2n) is 7.36. The van der Waals surface area contributed by atoms with E-state index in [1.807, 2.05) is 4.90 Å². The Labute approximate surface area is 180 Å². The highest BCUT2D eigenvalue weighted by atomic mass is 35.5. The van der Waals surface area contributed by atoms with Gasteiger partial charge in [-0.1, -0.05) is 23.7 Å². The van der Waals surface area contributed by atoms with E-state index in [0.717, 1.165) is 23.9 Å². The fourth-order valence-corrected chi connectivity index (χ4v) is 3.85. The van der Waals surface area contributed by atoms with Gasteiger partial charge in [-0.15, -0.1) is 0 Å². The number of carbonyl (C=O) groups is 1. The Hall–Kier alpha value is -3.20. The van der Waals surface area contributed by atoms with Gasteiger partial charge < -0.3 is 15.3 Å². The van der Waals surface area contributed by atoms with Crippen molar-refractivity contribution in [2.75, 3.05) is 23.3 Å². The Morgan fingerprint density at radius 1 is 1.29 bits per heavy atom. The number of rotatable bonds is 6. The van der Waals surface area contributed by atoms with Crippen LogP contribution in [0, 0.1) is 6.92 Å². The normalized spacial score (nSPS) is 14.5. The first-order chi connectivity index (χ1) is 14.8. The van der Waals surface area contributed by atoms with E-state index in [9.17, 15) is 23.5 Å². The first-order valence-corrected chi connectivity index (χ1v) is 9.99. The molecule has 0 saturated carbocycles. The maximum atomic E-state index is 14.2. The molecule has 1 atom stereocenters. The SMILES string of the molecule is Cc1cccc(N[C@H](c2cc(Cl)cn3c(=O)cc(N4CCC4)nc23)C(F)F)c1C(=O)O. The molecule has 3 aromatic rings. The van der Waals surface area contributed by atoms with Crippen molar-refractivity contribution in [2.45, 2.75) is 25.8 Å². The molecule has 0 amide bonds. The molecule has 0 spiro atoms. The number of benzene rings is 1. The summed E-state index contributed by atoms with van der Waals surface area (Å²) in [6.07, 6.45) is -0.650. The number of hydrogen-bond donors (Lipinski definition) is 2. The van der Waals surface area contributed by atoms with Crippen molar-refractivity contribution >= 4 is 34.7 Å². The van der Waals surface area contributed by atoms with E-state index in [1.54, 1.807) is 19.1 Å². The maximum Gasteiger partial charge on any atom is 0.338 e. The number of nitrogens with zero attached hydrogens (tertiary/aromatic N) is 3. The average molecular weight is 449 g/mol. The maximum absolute atomic E-state index is 14.2. The molecule has 7 nitrogen and oxygen atoms in total. The van der Waals surface area contributed by atoms with Gasteiger partial charge in [0.1, 0.15) is 17.5 Å². The summed E-state index contributed by atoms with van der Waals surface area (Å²) in [5, 5.41) is 12.3. The Balaban J connectivity index is 1.88. The van der Waals surface area contributed by atoms with Gasteiger partial charge in [-0.2, -0.15) is 0 Å². The molecule has 1 aliphatic rings. The van der Waals surface area contributed by atoms with Crippen LogP contribution in [0.1, 0.15) is 33.9 Å². The smallest absolute Gasteiger partial charge is 0.338 e. The van der Waals surface area contributed by atoms with Gasteiger partial charge in [0.05, 0.1) is 10.6 Å². The summed E-state index contributed by atoms with van der Waals surface area (Å²) in [5.74, 6) is -0.825. The molecular formula is C21H19ClF2N4O3. The lowest BCUT2D eigenvalue weighted by Crippen LogP contribution is -2.38. The zero-order chi connectivity index (χ0) is 22.3. The molecule has 1 saturated heterocycles. The van der Waals surface area contributed by atoms with Crippen molar-refractivity contribution in [1.82, 2.24) is 9.38 Å². The lowest BCUT2D eigenvalue weighted by molar-refractivity contribution is 0.0696. The van der Waals surface area contributed by atoms with Crippen LogP contribution in [0.2, 0.25) is 5.02 Å². The first-order valence-electron chi connectivity index (χ1n) is 9.61. The second kappa shape index (κ2) is 8.14. The van der Waals surface area contributed by atoms with Gasteiger partial charge in [0.15, 0.2) is 0 Å². The van der Waals surface area contributed by atoms with Crippen molar-refractivity contribution in [3.05, 3.63) is 68.6 Å². The van der Waals surface area contributed by atoms with Crippen LogP contribution in [-0.2, 0) is 0 Å². The number of alkyl halides is 2. The van der Waals surface area contributed by atoms with Crippen LogP contribution >= 0.6 is 11.6 Å². The Morgan fingerprint density at radius 2 is 2.03 bits per heavy atom. The van der Waals surface area contributed by atoms with E-state index in [4.69, 9.17) is 11.6 Å². The summed E-state index contributed by atoms with van der Waals surface area (Å²) in [6.45, 7) is 3.04. The van der Waals surface area contributed by atoms with Crippen molar-refractivity contribution < 1.29 is 18.7 Å². The van der Waals surface area contributed by atoms with Gasteiger partial charge in [-0.3, -0.25) is 9.20 Å². The average Bonchev–Trinajstić information content (AvgIpc) is 2.64. The zero-order valence-corrected chi connectivity index (χ0v) is 17.2. The number of aromatic carboxylic acids is 1. The van der Waals surface area contributed by atoms with Gasteiger partial charge >= 0.3 is 5.97 Å². The van der Waals surface area contributed by atoms with Crippen LogP contribution < -0.4 is 15.8 Å². The van der Waals surface area contributed by atoms with E-state index in [2.05, 4.69) is 10.3 Å². The summed E-state index contributed by atoms with van der Waals surface area (Å²) in [6, 6.07) is 5.61. The highest BCUT2D eigenvalue weighted by molar-refractivity contribution is 6.30. The van der Waals surface area contributed by atoms with Crippen LogP contribution in [0.3, 0.4) is 0 Å². The number of halogens is 3. The monoisotopic (exact) mass is 448 g/mol. The third-order valence-electron chi connectivity index (χ3n) is 5.31. The molecule has 31 heavy (non-hydrogen) atoms. The van der Waals surface area contributed by atoms with Crippen molar-refractivity contribution in [1.29, 1.82) is 0 Å².